The number of rotatable bonds is 6. The molecule has 2 aliphatic heterocycles. The SMILES string of the molecule is C=C/C(F)=C\C=C(/C)OCC1=CN2C=C(c3ccc(F)cc3C)C=NC2(C)N1. The number of hydrogen-bond acceptors (Lipinski definition) is 4. The Morgan fingerprint density at radius 2 is 2.14 bits per heavy atom. The monoisotopic (exact) mass is 383 g/mol. The van der Waals surface area contributed by atoms with Crippen molar-refractivity contribution in [3.05, 3.63) is 89.6 Å². The Balaban J connectivity index is 1.73. The largest absolute Gasteiger partial charge is 0.492 e. The zero-order valence-electron chi connectivity index (χ0n) is 16.2. The van der Waals surface area contributed by atoms with Gasteiger partial charge in [0, 0.05) is 24.2 Å². The summed E-state index contributed by atoms with van der Waals surface area (Å²) in [6.45, 7) is 9.23. The van der Waals surface area contributed by atoms with Crippen molar-refractivity contribution in [1.29, 1.82) is 0 Å². The fourth-order valence-electron chi connectivity index (χ4n) is 3.00. The van der Waals surface area contributed by atoms with Gasteiger partial charge in [0.15, 0.2) is 0 Å². The standard InChI is InChI=1S/C22H23F2N3O/c1-5-18(23)7-6-16(3)28-14-20-13-27-12-17(11-25-22(27,4)26-20)21-9-8-19(24)10-15(21)2/h5-13,26H,1,14H2,2-4H3/b16-6+,18-7+. The van der Waals surface area contributed by atoms with E-state index < -0.39 is 11.6 Å². The van der Waals surface area contributed by atoms with Crippen LogP contribution in [0, 0.1) is 12.7 Å². The molecule has 3 rings (SSSR count). The Labute approximate surface area is 163 Å². The molecular formula is C22H23F2N3O. The second-order valence-electron chi connectivity index (χ2n) is 6.83. The van der Waals surface area contributed by atoms with Crippen LogP contribution in [0.1, 0.15) is 25.0 Å². The van der Waals surface area contributed by atoms with E-state index in [1.165, 1.54) is 18.2 Å². The molecule has 0 amide bonds. The summed E-state index contributed by atoms with van der Waals surface area (Å²) in [6.07, 6.45) is 9.66. The lowest BCUT2D eigenvalue weighted by molar-refractivity contribution is 0.210. The fraction of sp³-hybridized carbons (Fsp3) is 0.227. The number of allylic oxidation sites excluding steroid dienone is 6. The predicted molar refractivity (Wildman–Crippen MR) is 108 cm³/mol. The smallest absolute Gasteiger partial charge is 0.207 e. The van der Waals surface area contributed by atoms with Crippen molar-refractivity contribution in [2.45, 2.75) is 26.6 Å². The third-order valence-electron chi connectivity index (χ3n) is 4.56. The zero-order valence-corrected chi connectivity index (χ0v) is 16.2. The van der Waals surface area contributed by atoms with E-state index in [0.29, 0.717) is 12.4 Å². The molecule has 0 aromatic heterocycles. The normalized spacial score (nSPS) is 21.7. The topological polar surface area (TPSA) is 36.9 Å². The minimum atomic E-state index is -0.636. The number of hydrogen-bond donors (Lipinski definition) is 1. The van der Waals surface area contributed by atoms with Crippen molar-refractivity contribution in [1.82, 2.24) is 10.2 Å². The van der Waals surface area contributed by atoms with Gasteiger partial charge in [-0.1, -0.05) is 12.6 Å². The molecule has 0 bridgehead atoms. The molecule has 0 saturated heterocycles. The van der Waals surface area contributed by atoms with E-state index in [2.05, 4.69) is 16.9 Å². The molecule has 0 fully saturated rings. The first-order valence-electron chi connectivity index (χ1n) is 8.91. The molecule has 1 aromatic rings. The van der Waals surface area contributed by atoms with Crippen LogP contribution in [0.2, 0.25) is 0 Å². The Morgan fingerprint density at radius 3 is 2.86 bits per heavy atom. The molecule has 0 aliphatic carbocycles. The maximum atomic E-state index is 13.4. The highest BCUT2D eigenvalue weighted by Crippen LogP contribution is 2.31. The lowest BCUT2D eigenvalue weighted by Gasteiger charge is -2.33. The van der Waals surface area contributed by atoms with E-state index in [9.17, 15) is 8.78 Å². The lowest BCUT2D eigenvalue weighted by Crippen LogP contribution is -2.47. The number of halogens is 2. The van der Waals surface area contributed by atoms with Gasteiger partial charge in [-0.2, -0.15) is 0 Å². The van der Waals surface area contributed by atoms with E-state index in [1.54, 1.807) is 25.3 Å². The van der Waals surface area contributed by atoms with Crippen molar-refractivity contribution < 1.29 is 13.5 Å². The van der Waals surface area contributed by atoms with Gasteiger partial charge in [0.1, 0.15) is 18.3 Å². The van der Waals surface area contributed by atoms with Gasteiger partial charge >= 0.3 is 0 Å². The maximum Gasteiger partial charge on any atom is 0.207 e. The summed E-state index contributed by atoms with van der Waals surface area (Å²) in [4.78, 5) is 6.59. The van der Waals surface area contributed by atoms with Crippen molar-refractivity contribution in [3.8, 4) is 0 Å². The Morgan fingerprint density at radius 1 is 1.36 bits per heavy atom. The fourth-order valence-corrected chi connectivity index (χ4v) is 3.00. The highest BCUT2D eigenvalue weighted by atomic mass is 19.1. The number of benzene rings is 1. The molecule has 2 aliphatic rings. The summed E-state index contributed by atoms with van der Waals surface area (Å²) in [6, 6.07) is 4.71. The number of aliphatic imine (C=N–C) groups is 1. The van der Waals surface area contributed by atoms with Gasteiger partial charge in [-0.05, 0) is 62.3 Å². The minimum Gasteiger partial charge on any atom is -0.492 e. The van der Waals surface area contributed by atoms with Gasteiger partial charge in [-0.25, -0.2) is 13.8 Å². The van der Waals surface area contributed by atoms with Gasteiger partial charge in [-0.15, -0.1) is 0 Å². The van der Waals surface area contributed by atoms with Gasteiger partial charge in [0.05, 0.1) is 11.5 Å². The molecule has 6 heteroatoms. The molecule has 0 spiro atoms. The van der Waals surface area contributed by atoms with Crippen molar-refractivity contribution in [2.75, 3.05) is 6.61 Å². The minimum absolute atomic E-state index is 0.257. The van der Waals surface area contributed by atoms with E-state index in [-0.39, 0.29) is 5.82 Å². The summed E-state index contributed by atoms with van der Waals surface area (Å²) in [5.74, 6) is -0.735. The van der Waals surface area contributed by atoms with Crippen molar-refractivity contribution in [2.24, 2.45) is 4.99 Å². The first kappa shape index (κ1) is 19.6. The van der Waals surface area contributed by atoms with Crippen LogP contribution in [0.3, 0.4) is 0 Å². The van der Waals surface area contributed by atoms with Gasteiger partial charge in [-0.3, -0.25) is 0 Å². The van der Waals surface area contributed by atoms with Crippen LogP contribution in [0.25, 0.3) is 5.57 Å². The highest BCUT2D eigenvalue weighted by Gasteiger charge is 2.36. The molecular weight excluding hydrogens is 360 g/mol. The molecule has 2 heterocycles. The average molecular weight is 383 g/mol. The molecule has 146 valence electrons. The Hall–Kier alpha value is -3.15. The van der Waals surface area contributed by atoms with Gasteiger partial charge in [0.25, 0.3) is 0 Å². The maximum absolute atomic E-state index is 13.4. The molecule has 1 aromatic carbocycles. The number of aryl methyl sites for hydroxylation is 1. The second kappa shape index (κ2) is 7.84. The van der Waals surface area contributed by atoms with Crippen LogP contribution in [-0.2, 0) is 4.74 Å². The van der Waals surface area contributed by atoms with E-state index >= 15 is 0 Å². The summed E-state index contributed by atoms with van der Waals surface area (Å²) in [5.41, 5.74) is 3.52. The van der Waals surface area contributed by atoms with E-state index in [0.717, 1.165) is 28.5 Å². The molecule has 1 N–H and O–H groups in total. The van der Waals surface area contributed by atoms with Crippen LogP contribution in [0.4, 0.5) is 8.78 Å². The molecule has 1 atom stereocenters. The second-order valence-corrected chi connectivity index (χ2v) is 6.83. The third kappa shape index (κ3) is 4.22. The van der Waals surface area contributed by atoms with Crippen molar-refractivity contribution >= 4 is 11.8 Å². The summed E-state index contributed by atoms with van der Waals surface area (Å²) in [7, 11) is 0. The van der Waals surface area contributed by atoms with Crippen LogP contribution in [0.5, 0.6) is 0 Å². The predicted octanol–water partition coefficient (Wildman–Crippen LogP) is 4.94. The molecule has 4 nitrogen and oxygen atoms in total. The number of nitrogens with one attached hydrogen (secondary N) is 1. The van der Waals surface area contributed by atoms with E-state index in [4.69, 9.17) is 4.74 Å². The third-order valence-corrected chi connectivity index (χ3v) is 4.56. The van der Waals surface area contributed by atoms with Crippen LogP contribution in [0.15, 0.2) is 77.7 Å². The number of ether oxygens (including phenoxy) is 1. The summed E-state index contributed by atoms with van der Waals surface area (Å²) >= 11 is 0. The zero-order chi connectivity index (χ0) is 20.3. The number of nitrogens with zero attached hydrogens (tertiary/aromatic N) is 2. The first-order chi connectivity index (χ1) is 13.3. The molecule has 28 heavy (non-hydrogen) atoms. The van der Waals surface area contributed by atoms with Gasteiger partial charge in [0.2, 0.25) is 5.79 Å². The van der Waals surface area contributed by atoms with Crippen LogP contribution in [-0.4, -0.2) is 23.5 Å². The Kier molecular flexibility index (Phi) is 5.49. The quantitative estimate of drug-likeness (QED) is 0.558. The summed E-state index contributed by atoms with van der Waals surface area (Å²) < 4.78 is 32.1. The highest BCUT2D eigenvalue weighted by molar-refractivity contribution is 6.11. The first-order valence-corrected chi connectivity index (χ1v) is 8.91. The summed E-state index contributed by atoms with van der Waals surface area (Å²) in [5, 5.41) is 3.32. The van der Waals surface area contributed by atoms with E-state index in [1.807, 2.05) is 31.1 Å². The lowest BCUT2D eigenvalue weighted by atomic mass is 10.0. The van der Waals surface area contributed by atoms with Crippen LogP contribution >= 0.6 is 0 Å². The Bertz CT molecular complexity index is 943. The van der Waals surface area contributed by atoms with Gasteiger partial charge < -0.3 is 15.0 Å². The van der Waals surface area contributed by atoms with Crippen molar-refractivity contribution in [3.63, 3.8) is 0 Å². The molecule has 0 radical (unpaired) electrons. The number of fused-ring (bicyclic) bond motifs is 1. The average Bonchev–Trinajstić information content (AvgIpc) is 3.00. The molecule has 0 saturated carbocycles. The molecule has 1 unspecified atom stereocenters. The van der Waals surface area contributed by atoms with Crippen LogP contribution < -0.4 is 5.32 Å².